The molecule has 0 spiro atoms. The molecular formula is C29H36FN2O3+. The van der Waals surface area contributed by atoms with Crippen molar-refractivity contribution in [3.05, 3.63) is 66.0 Å². The van der Waals surface area contributed by atoms with Crippen molar-refractivity contribution in [2.24, 2.45) is 5.92 Å². The Kier molecular flexibility index (Phi) is 6.92. The van der Waals surface area contributed by atoms with Gasteiger partial charge in [-0.1, -0.05) is 62.1 Å². The number of anilines is 1. The number of fused-ring (bicyclic) bond motifs is 3. The van der Waals surface area contributed by atoms with Gasteiger partial charge >= 0.3 is 5.97 Å². The Bertz CT molecular complexity index is 1040. The van der Waals surface area contributed by atoms with E-state index in [1.165, 1.54) is 12.1 Å². The van der Waals surface area contributed by atoms with Crippen LogP contribution in [0.4, 0.5) is 10.1 Å². The van der Waals surface area contributed by atoms with Gasteiger partial charge in [0.25, 0.3) is 5.91 Å². The first-order chi connectivity index (χ1) is 17.0. The first-order valence-corrected chi connectivity index (χ1v) is 13.2. The van der Waals surface area contributed by atoms with Crippen LogP contribution in [0.15, 0.2) is 54.6 Å². The number of nitrogens with one attached hydrogen (secondary N) is 1. The van der Waals surface area contributed by atoms with Crippen LogP contribution in [0.3, 0.4) is 0 Å². The maximum atomic E-state index is 13.9. The predicted molar refractivity (Wildman–Crippen MR) is 133 cm³/mol. The van der Waals surface area contributed by atoms with Crippen molar-refractivity contribution in [3.8, 4) is 0 Å². The van der Waals surface area contributed by atoms with Gasteiger partial charge in [0, 0.05) is 24.4 Å². The summed E-state index contributed by atoms with van der Waals surface area (Å²) in [5.41, 5.74) is 0.983. The molecule has 1 N–H and O–H groups in total. The van der Waals surface area contributed by atoms with Gasteiger partial charge in [0.1, 0.15) is 12.4 Å². The molecule has 6 heteroatoms. The van der Waals surface area contributed by atoms with Crippen LogP contribution in [-0.4, -0.2) is 48.6 Å². The fourth-order valence-corrected chi connectivity index (χ4v) is 6.60. The standard InChI is InChI=1S/C29H35FN2O3/c30-24-11-8-12-25(19-24)31-27(33)21-32-17-13-22(14-18-32)26(20-32)35-28(34)29(15-6-1-2-7-16-29)23-9-4-3-5-10-23/h3-5,8-12,19,22,26H,1-2,6-7,13-18,20-21H2/p+1/t22?,26-,32?/m0/s1. The molecule has 4 fully saturated rings. The summed E-state index contributed by atoms with van der Waals surface area (Å²) < 4.78 is 20.5. The Morgan fingerprint density at radius 1 is 0.971 bits per heavy atom. The van der Waals surface area contributed by atoms with Crippen molar-refractivity contribution in [2.75, 3.05) is 31.5 Å². The van der Waals surface area contributed by atoms with Crippen LogP contribution in [0.1, 0.15) is 56.9 Å². The number of amides is 1. The molecule has 3 heterocycles. The largest absolute Gasteiger partial charge is 0.455 e. The molecule has 2 bridgehead atoms. The van der Waals surface area contributed by atoms with Crippen molar-refractivity contribution in [2.45, 2.75) is 62.9 Å². The first kappa shape index (κ1) is 24.0. The zero-order valence-corrected chi connectivity index (χ0v) is 20.4. The van der Waals surface area contributed by atoms with Gasteiger partial charge in [-0.15, -0.1) is 0 Å². The average Bonchev–Trinajstić information content (AvgIpc) is 3.12. The minimum atomic E-state index is -0.566. The monoisotopic (exact) mass is 479 g/mol. The van der Waals surface area contributed by atoms with Gasteiger partial charge in [-0.3, -0.25) is 9.59 Å². The quantitative estimate of drug-likeness (QED) is 0.352. The van der Waals surface area contributed by atoms with E-state index in [4.69, 9.17) is 4.74 Å². The smallest absolute Gasteiger partial charge is 0.317 e. The molecule has 4 aliphatic rings. The lowest BCUT2D eigenvalue weighted by Crippen LogP contribution is -2.66. The molecule has 0 aromatic heterocycles. The number of quaternary nitrogens is 1. The molecule has 3 aliphatic heterocycles. The van der Waals surface area contributed by atoms with E-state index in [2.05, 4.69) is 17.4 Å². The molecule has 2 aromatic rings. The highest BCUT2D eigenvalue weighted by Gasteiger charge is 2.51. The lowest BCUT2D eigenvalue weighted by molar-refractivity contribution is -0.939. The number of hydrogen-bond acceptors (Lipinski definition) is 3. The van der Waals surface area contributed by atoms with E-state index in [9.17, 15) is 14.0 Å². The summed E-state index contributed by atoms with van der Waals surface area (Å²) in [4.78, 5) is 26.7. The summed E-state index contributed by atoms with van der Waals surface area (Å²) in [6.07, 6.45) is 7.84. The van der Waals surface area contributed by atoms with Crippen LogP contribution >= 0.6 is 0 Å². The molecule has 0 unspecified atom stereocenters. The second-order valence-corrected chi connectivity index (χ2v) is 10.8. The van der Waals surface area contributed by atoms with Gasteiger partial charge in [-0.2, -0.15) is 0 Å². The summed E-state index contributed by atoms with van der Waals surface area (Å²) in [6.45, 7) is 2.83. The summed E-state index contributed by atoms with van der Waals surface area (Å²) in [5.74, 6) is -0.201. The number of carbonyl (C=O) groups excluding carboxylic acids is 2. The van der Waals surface area contributed by atoms with Gasteiger partial charge in [0.2, 0.25) is 0 Å². The number of ether oxygens (including phenoxy) is 1. The van der Waals surface area contributed by atoms with E-state index in [1.807, 2.05) is 18.2 Å². The van der Waals surface area contributed by atoms with E-state index in [1.54, 1.807) is 12.1 Å². The molecular weight excluding hydrogens is 443 g/mol. The van der Waals surface area contributed by atoms with Gasteiger partial charge < -0.3 is 14.5 Å². The van der Waals surface area contributed by atoms with Crippen molar-refractivity contribution in [1.82, 2.24) is 0 Å². The third kappa shape index (κ3) is 5.13. The van der Waals surface area contributed by atoms with Gasteiger partial charge in [0.05, 0.1) is 18.5 Å². The number of carbonyl (C=O) groups is 2. The fourth-order valence-electron chi connectivity index (χ4n) is 6.60. The lowest BCUT2D eigenvalue weighted by Gasteiger charge is -2.52. The normalized spacial score (nSPS) is 27.6. The highest BCUT2D eigenvalue weighted by molar-refractivity contribution is 5.91. The Morgan fingerprint density at radius 3 is 2.37 bits per heavy atom. The highest BCUT2D eigenvalue weighted by atomic mass is 19.1. The number of halogens is 1. The Balaban J connectivity index is 1.29. The van der Waals surface area contributed by atoms with E-state index < -0.39 is 5.41 Å². The Morgan fingerprint density at radius 2 is 1.69 bits per heavy atom. The van der Waals surface area contributed by atoms with Crippen LogP contribution < -0.4 is 5.32 Å². The zero-order valence-electron chi connectivity index (χ0n) is 20.4. The average molecular weight is 480 g/mol. The predicted octanol–water partition coefficient (Wildman–Crippen LogP) is 5.21. The third-order valence-electron chi connectivity index (χ3n) is 8.56. The number of hydrogen-bond donors (Lipinski definition) is 1. The number of piperidine rings is 3. The maximum absolute atomic E-state index is 13.9. The van der Waals surface area contributed by atoms with Crippen LogP contribution in [-0.2, 0) is 19.7 Å². The molecule has 6 rings (SSSR count). The van der Waals surface area contributed by atoms with E-state index in [0.717, 1.165) is 70.0 Å². The van der Waals surface area contributed by atoms with Gasteiger partial charge in [-0.25, -0.2) is 4.39 Å². The third-order valence-corrected chi connectivity index (χ3v) is 8.56. The summed E-state index contributed by atoms with van der Waals surface area (Å²) in [7, 11) is 0. The molecule has 1 atom stereocenters. The fraction of sp³-hybridized carbons (Fsp3) is 0.517. The summed E-state index contributed by atoms with van der Waals surface area (Å²) >= 11 is 0. The second kappa shape index (κ2) is 10.1. The second-order valence-electron chi connectivity index (χ2n) is 10.8. The Hall–Kier alpha value is -2.73. The summed E-state index contributed by atoms with van der Waals surface area (Å²) in [6, 6.07) is 16.2. The number of nitrogens with zero attached hydrogens (tertiary/aromatic N) is 1. The van der Waals surface area contributed by atoms with Crippen LogP contribution in [0.5, 0.6) is 0 Å². The number of benzene rings is 2. The van der Waals surface area contributed by atoms with Crippen molar-refractivity contribution in [1.29, 1.82) is 0 Å². The molecule has 35 heavy (non-hydrogen) atoms. The molecule has 1 aliphatic carbocycles. The first-order valence-electron chi connectivity index (χ1n) is 13.2. The zero-order chi connectivity index (χ0) is 24.3. The minimum absolute atomic E-state index is 0.0771. The van der Waals surface area contributed by atoms with Crippen LogP contribution in [0.2, 0.25) is 0 Å². The molecule has 2 aromatic carbocycles. The SMILES string of the molecule is O=C(C[N+]12CCC(CC1)[C@@H](OC(=O)C1(c3ccccc3)CCCCCC1)C2)Nc1cccc(F)c1. The Labute approximate surface area is 207 Å². The van der Waals surface area contributed by atoms with E-state index in [-0.39, 0.29) is 23.8 Å². The minimum Gasteiger partial charge on any atom is -0.455 e. The summed E-state index contributed by atoms with van der Waals surface area (Å²) in [5, 5.41) is 2.85. The molecule has 1 saturated carbocycles. The van der Waals surface area contributed by atoms with E-state index in [0.29, 0.717) is 29.2 Å². The van der Waals surface area contributed by atoms with Gasteiger partial charge in [-0.05, 0) is 36.6 Å². The van der Waals surface area contributed by atoms with Gasteiger partial charge in [0.15, 0.2) is 12.6 Å². The molecule has 3 saturated heterocycles. The molecule has 186 valence electrons. The van der Waals surface area contributed by atoms with Crippen LogP contribution in [0, 0.1) is 11.7 Å². The number of rotatable bonds is 6. The van der Waals surface area contributed by atoms with Crippen molar-refractivity contribution < 1.29 is 23.2 Å². The van der Waals surface area contributed by atoms with E-state index >= 15 is 0 Å². The molecule has 5 nitrogen and oxygen atoms in total. The number of esters is 1. The van der Waals surface area contributed by atoms with Crippen molar-refractivity contribution >= 4 is 17.6 Å². The maximum Gasteiger partial charge on any atom is 0.317 e. The molecule has 1 amide bonds. The molecule has 0 radical (unpaired) electrons. The van der Waals surface area contributed by atoms with Crippen molar-refractivity contribution in [3.63, 3.8) is 0 Å². The highest BCUT2D eigenvalue weighted by Crippen LogP contribution is 2.42. The lowest BCUT2D eigenvalue weighted by atomic mass is 9.74. The van der Waals surface area contributed by atoms with Crippen LogP contribution in [0.25, 0.3) is 0 Å². The topological polar surface area (TPSA) is 55.4 Å².